The van der Waals surface area contributed by atoms with Crippen molar-refractivity contribution >= 4 is 18.0 Å². The van der Waals surface area contributed by atoms with Crippen LogP contribution in [0.5, 0.6) is 5.75 Å². The van der Waals surface area contributed by atoms with Crippen molar-refractivity contribution in [1.82, 2.24) is 5.32 Å². The van der Waals surface area contributed by atoms with Gasteiger partial charge in [0.05, 0.1) is 0 Å². The van der Waals surface area contributed by atoms with Gasteiger partial charge in [-0.15, -0.1) is 0 Å². The number of esters is 1. The highest BCUT2D eigenvalue weighted by atomic mass is 19.3. The quantitative estimate of drug-likeness (QED) is 0.527. The van der Waals surface area contributed by atoms with E-state index in [9.17, 15) is 18.4 Å². The zero-order chi connectivity index (χ0) is 20.4. The molecule has 28 heavy (non-hydrogen) atoms. The van der Waals surface area contributed by atoms with Gasteiger partial charge in [-0.3, -0.25) is 4.79 Å². The predicted octanol–water partition coefficient (Wildman–Crippen LogP) is 3.51. The SMILES string of the molecule is Cc1ccccc1CCNC(=O)COC(=O)/C=C/c1ccc(OC(F)F)cc1. The Morgan fingerprint density at radius 2 is 1.82 bits per heavy atom. The van der Waals surface area contributed by atoms with Crippen LogP contribution in [-0.2, 0) is 20.7 Å². The van der Waals surface area contributed by atoms with Gasteiger partial charge in [-0.25, -0.2) is 4.79 Å². The number of halogens is 2. The second kappa shape index (κ2) is 10.8. The molecule has 0 aliphatic heterocycles. The van der Waals surface area contributed by atoms with Gasteiger partial charge in [0.15, 0.2) is 6.61 Å². The average Bonchev–Trinajstić information content (AvgIpc) is 2.67. The summed E-state index contributed by atoms with van der Waals surface area (Å²) in [6.07, 6.45) is 3.30. The fourth-order valence-corrected chi connectivity index (χ4v) is 2.39. The second-order valence-electron chi connectivity index (χ2n) is 5.92. The Morgan fingerprint density at radius 3 is 2.50 bits per heavy atom. The highest BCUT2D eigenvalue weighted by Gasteiger charge is 2.06. The van der Waals surface area contributed by atoms with E-state index in [1.165, 1.54) is 30.3 Å². The van der Waals surface area contributed by atoms with Crippen LogP contribution in [-0.4, -0.2) is 31.6 Å². The molecule has 1 N–H and O–H groups in total. The molecule has 0 aromatic heterocycles. The predicted molar refractivity (Wildman–Crippen MR) is 101 cm³/mol. The lowest BCUT2D eigenvalue weighted by atomic mass is 10.1. The first-order valence-corrected chi connectivity index (χ1v) is 8.65. The van der Waals surface area contributed by atoms with Gasteiger partial charge in [-0.1, -0.05) is 36.4 Å². The summed E-state index contributed by atoms with van der Waals surface area (Å²) in [5, 5.41) is 2.69. The molecule has 2 rings (SSSR count). The summed E-state index contributed by atoms with van der Waals surface area (Å²) >= 11 is 0. The van der Waals surface area contributed by atoms with Crippen LogP contribution in [0.3, 0.4) is 0 Å². The molecule has 0 fully saturated rings. The molecule has 0 saturated heterocycles. The number of benzene rings is 2. The number of hydrogen-bond acceptors (Lipinski definition) is 4. The maximum atomic E-state index is 12.1. The minimum absolute atomic E-state index is 0.0251. The number of amides is 1. The van der Waals surface area contributed by atoms with Crippen molar-refractivity contribution in [1.29, 1.82) is 0 Å². The summed E-state index contributed by atoms with van der Waals surface area (Å²) in [7, 11) is 0. The van der Waals surface area contributed by atoms with Gasteiger partial charge in [0.1, 0.15) is 5.75 Å². The van der Waals surface area contributed by atoms with Crippen molar-refractivity contribution in [3.63, 3.8) is 0 Å². The lowest BCUT2D eigenvalue weighted by Gasteiger charge is -2.07. The molecule has 0 saturated carbocycles. The number of rotatable bonds is 9. The monoisotopic (exact) mass is 389 g/mol. The lowest BCUT2D eigenvalue weighted by molar-refractivity contribution is -0.143. The van der Waals surface area contributed by atoms with Crippen LogP contribution in [0, 0.1) is 6.92 Å². The third-order valence-corrected chi connectivity index (χ3v) is 3.84. The molecule has 0 atom stereocenters. The Labute approximate surface area is 162 Å². The molecule has 0 spiro atoms. The Morgan fingerprint density at radius 1 is 1.11 bits per heavy atom. The molecule has 2 aromatic carbocycles. The molecule has 0 aliphatic carbocycles. The van der Waals surface area contributed by atoms with Gasteiger partial charge in [-0.05, 0) is 48.2 Å². The number of aryl methyl sites for hydroxylation is 1. The smallest absolute Gasteiger partial charge is 0.387 e. The van der Waals surface area contributed by atoms with E-state index >= 15 is 0 Å². The summed E-state index contributed by atoms with van der Waals surface area (Å²) < 4.78 is 33.3. The Balaban J connectivity index is 1.69. The van der Waals surface area contributed by atoms with Crippen molar-refractivity contribution < 1.29 is 27.8 Å². The molecule has 0 bridgehead atoms. The van der Waals surface area contributed by atoms with Crippen LogP contribution in [0.4, 0.5) is 8.78 Å². The van der Waals surface area contributed by atoms with E-state index in [2.05, 4.69) is 10.1 Å². The Kier molecular flexibility index (Phi) is 8.14. The summed E-state index contributed by atoms with van der Waals surface area (Å²) in [5.74, 6) is -1.04. The van der Waals surface area contributed by atoms with Gasteiger partial charge >= 0.3 is 12.6 Å². The van der Waals surface area contributed by atoms with E-state index in [0.717, 1.165) is 17.2 Å². The average molecular weight is 389 g/mol. The summed E-state index contributed by atoms with van der Waals surface area (Å²) in [6, 6.07) is 13.6. The summed E-state index contributed by atoms with van der Waals surface area (Å²) in [4.78, 5) is 23.4. The zero-order valence-electron chi connectivity index (χ0n) is 15.4. The van der Waals surface area contributed by atoms with E-state index in [-0.39, 0.29) is 18.3 Å². The maximum absolute atomic E-state index is 12.1. The van der Waals surface area contributed by atoms with E-state index in [0.29, 0.717) is 18.5 Å². The molecule has 0 aliphatic rings. The molecular weight excluding hydrogens is 368 g/mol. The molecule has 0 unspecified atom stereocenters. The van der Waals surface area contributed by atoms with Gasteiger partial charge < -0.3 is 14.8 Å². The third kappa shape index (κ3) is 7.57. The molecule has 1 amide bonds. The minimum Gasteiger partial charge on any atom is -0.452 e. The van der Waals surface area contributed by atoms with Gasteiger partial charge in [-0.2, -0.15) is 8.78 Å². The maximum Gasteiger partial charge on any atom is 0.387 e. The van der Waals surface area contributed by atoms with Crippen LogP contribution < -0.4 is 10.1 Å². The first-order valence-electron chi connectivity index (χ1n) is 8.65. The lowest BCUT2D eigenvalue weighted by Crippen LogP contribution is -2.30. The van der Waals surface area contributed by atoms with Gasteiger partial charge in [0.25, 0.3) is 5.91 Å². The molecular formula is C21H21F2NO4. The van der Waals surface area contributed by atoms with Crippen molar-refractivity contribution in [3.8, 4) is 5.75 Å². The molecule has 148 valence electrons. The molecule has 0 radical (unpaired) electrons. The number of nitrogens with one attached hydrogen (secondary N) is 1. The van der Waals surface area contributed by atoms with Crippen LogP contribution in [0.2, 0.25) is 0 Å². The molecule has 2 aromatic rings. The number of carbonyl (C=O) groups excluding carboxylic acids is 2. The Hall–Kier alpha value is -3.22. The van der Waals surface area contributed by atoms with Crippen LogP contribution in [0.25, 0.3) is 6.08 Å². The molecule has 7 heteroatoms. The number of ether oxygens (including phenoxy) is 2. The third-order valence-electron chi connectivity index (χ3n) is 3.84. The van der Waals surface area contributed by atoms with E-state index in [1.54, 1.807) is 0 Å². The second-order valence-corrected chi connectivity index (χ2v) is 5.92. The summed E-state index contributed by atoms with van der Waals surface area (Å²) in [5.41, 5.74) is 2.90. The van der Waals surface area contributed by atoms with Gasteiger partial charge in [0, 0.05) is 12.6 Å². The molecule has 5 nitrogen and oxygen atoms in total. The first kappa shape index (κ1) is 21.1. The normalized spacial score (nSPS) is 10.9. The van der Waals surface area contributed by atoms with Crippen LogP contribution >= 0.6 is 0 Å². The number of carbonyl (C=O) groups is 2. The van der Waals surface area contributed by atoms with Crippen molar-refractivity contribution in [2.45, 2.75) is 20.0 Å². The Bertz CT molecular complexity index is 819. The van der Waals surface area contributed by atoms with Crippen LogP contribution in [0.15, 0.2) is 54.6 Å². The van der Waals surface area contributed by atoms with Crippen molar-refractivity contribution in [3.05, 3.63) is 71.3 Å². The molecule has 0 heterocycles. The summed E-state index contributed by atoms with van der Waals surface area (Å²) in [6.45, 7) is -0.813. The largest absolute Gasteiger partial charge is 0.452 e. The van der Waals surface area contributed by atoms with E-state index < -0.39 is 12.6 Å². The zero-order valence-corrected chi connectivity index (χ0v) is 15.4. The fourth-order valence-electron chi connectivity index (χ4n) is 2.39. The van der Waals surface area contributed by atoms with Crippen molar-refractivity contribution in [2.75, 3.05) is 13.2 Å². The highest BCUT2D eigenvalue weighted by molar-refractivity contribution is 5.89. The van der Waals surface area contributed by atoms with Gasteiger partial charge in [0.2, 0.25) is 0 Å². The first-order chi connectivity index (χ1) is 13.4. The van der Waals surface area contributed by atoms with Crippen LogP contribution in [0.1, 0.15) is 16.7 Å². The fraction of sp³-hybridized carbons (Fsp3) is 0.238. The van der Waals surface area contributed by atoms with Crippen molar-refractivity contribution in [2.24, 2.45) is 0 Å². The standard InChI is InChI=1S/C21H21F2NO4/c1-15-4-2-3-5-17(15)12-13-24-19(25)14-27-20(26)11-8-16-6-9-18(10-7-16)28-21(22)23/h2-11,21H,12-14H2,1H3,(H,24,25)/b11-8+. The van der Waals surface area contributed by atoms with E-state index in [4.69, 9.17) is 4.74 Å². The minimum atomic E-state index is -2.89. The van der Waals surface area contributed by atoms with E-state index in [1.807, 2.05) is 31.2 Å². The highest BCUT2D eigenvalue weighted by Crippen LogP contribution is 2.15. The topological polar surface area (TPSA) is 64.6 Å². The number of alkyl halides is 2. The number of hydrogen-bond donors (Lipinski definition) is 1.